The Hall–Kier alpha value is -10.8. The van der Waals surface area contributed by atoms with E-state index in [1.54, 1.807) is 18.2 Å². The van der Waals surface area contributed by atoms with Gasteiger partial charge in [0.05, 0.1) is 34.8 Å². The summed E-state index contributed by atoms with van der Waals surface area (Å²) in [6.45, 7) is -0.762. The highest BCUT2D eigenvalue weighted by Crippen LogP contribution is 2.56. The lowest BCUT2D eigenvalue weighted by Gasteiger charge is -2.48. The van der Waals surface area contributed by atoms with Crippen LogP contribution in [0.15, 0.2) is 249 Å². The van der Waals surface area contributed by atoms with Crippen molar-refractivity contribution in [1.82, 2.24) is 0 Å². The second-order valence-corrected chi connectivity index (χ2v) is 22.2. The fraction of sp³-hybridized carbons (Fsp3) is 0.184. The van der Waals surface area contributed by atoms with Crippen molar-refractivity contribution in [1.29, 1.82) is 0 Å². The summed E-state index contributed by atoms with van der Waals surface area (Å²) in [5.41, 5.74) is 4.78. The van der Waals surface area contributed by atoms with E-state index in [2.05, 4.69) is 0 Å². The van der Waals surface area contributed by atoms with Gasteiger partial charge in [-0.25, -0.2) is 9.59 Å². The summed E-state index contributed by atoms with van der Waals surface area (Å²) < 4.78 is 82.2. The zero-order valence-electron chi connectivity index (χ0n) is 50.3. The molecule has 2 saturated heterocycles. The molecule has 17 nitrogen and oxygen atoms in total. The van der Waals surface area contributed by atoms with Gasteiger partial charge in [-0.1, -0.05) is 224 Å². The number of rotatable bonds is 23. The van der Waals surface area contributed by atoms with Gasteiger partial charge in [0.25, 0.3) is 5.69 Å². The van der Waals surface area contributed by atoms with Gasteiger partial charge in [0.1, 0.15) is 51.8 Å². The lowest BCUT2D eigenvalue weighted by Crippen LogP contribution is -2.64. The summed E-state index contributed by atoms with van der Waals surface area (Å²) in [5.74, 6) is -1.84. The second-order valence-electron chi connectivity index (χ2n) is 22.2. The first-order valence-corrected chi connectivity index (χ1v) is 30.4. The van der Waals surface area contributed by atoms with Crippen molar-refractivity contribution < 1.29 is 71.4 Å². The summed E-state index contributed by atoms with van der Waals surface area (Å²) in [7, 11) is 0. The van der Waals surface area contributed by atoms with E-state index >= 15 is 9.59 Å². The maximum Gasteiger partial charge on any atom is 0.339 e. The zero-order chi connectivity index (χ0) is 63.3. The Morgan fingerprint density at radius 1 is 0.398 bits per heavy atom. The average Bonchev–Trinajstić information content (AvgIpc) is 0.743. The van der Waals surface area contributed by atoms with Gasteiger partial charge in [-0.05, 0) is 51.6 Å². The minimum absolute atomic E-state index is 0.00152. The van der Waals surface area contributed by atoms with E-state index in [0.29, 0.717) is 5.56 Å². The number of nitro groups is 1. The Morgan fingerprint density at radius 2 is 0.763 bits per heavy atom. The maximum atomic E-state index is 16.6. The minimum atomic E-state index is -1.66. The number of hydrogen-bond acceptors (Lipinski definition) is 16. The smallest absolute Gasteiger partial charge is 0.339 e. The van der Waals surface area contributed by atoms with Gasteiger partial charge in [-0.2, -0.15) is 0 Å². The molecule has 0 aliphatic carbocycles. The molecule has 468 valence electrons. The predicted molar refractivity (Wildman–Crippen MR) is 341 cm³/mol. The number of esters is 2. The van der Waals surface area contributed by atoms with Gasteiger partial charge in [0.15, 0.2) is 47.8 Å². The molecule has 0 bridgehead atoms. The third-order valence-electron chi connectivity index (χ3n) is 15.9. The molecule has 10 aromatic rings. The largest absolute Gasteiger partial charge is 0.485 e. The first-order valence-electron chi connectivity index (χ1n) is 30.4. The van der Waals surface area contributed by atoms with E-state index in [1.807, 2.05) is 212 Å². The van der Waals surface area contributed by atoms with Gasteiger partial charge in [-0.3, -0.25) is 10.1 Å². The van der Waals surface area contributed by atoms with Crippen LogP contribution in [0.4, 0.5) is 5.69 Å². The average molecular weight is 1250 g/mol. The van der Waals surface area contributed by atoms with Crippen molar-refractivity contribution in [3.63, 3.8) is 0 Å². The third-order valence-corrected chi connectivity index (χ3v) is 15.9. The molecule has 0 aromatic heterocycles. The van der Waals surface area contributed by atoms with Crippen LogP contribution in [-0.2, 0) is 74.7 Å². The van der Waals surface area contributed by atoms with Crippen molar-refractivity contribution in [2.24, 2.45) is 0 Å². The minimum Gasteiger partial charge on any atom is -0.485 e. The fourth-order valence-corrected chi connectivity index (χ4v) is 11.3. The van der Waals surface area contributed by atoms with Crippen molar-refractivity contribution in [2.45, 2.75) is 83.2 Å². The predicted octanol–water partition coefficient (Wildman–Crippen LogP) is 14.9. The standard InChI is InChI=1S/C76H63NO16/c78-73-58-40-61(82-42-50-24-8-1-9-25-50)66(84-44-52-28-12-3-13-29-52)69(86-46-54-32-16-5-17-33-54)64(58)65-59(41-62(83-43-51-26-10-2-11-27-51)67(85-45-53-30-14-4-15-31-53)70(65)87-47-55-34-18-6-19-35-55)74(79)92-72-71(91-73)68-63(49-89-75(93-68)56-36-20-7-21-37-56)90-76(72)88-48-57-38-22-23-39-60(57)77(80)81/h1-41,63,68,71-72,75-76H,42-49H2/t63-,68-,71+,72-,75-,76-/m1/s1. The van der Waals surface area contributed by atoms with Crippen LogP contribution in [0.5, 0.6) is 34.5 Å². The highest BCUT2D eigenvalue weighted by atomic mass is 16.8. The van der Waals surface area contributed by atoms with Crippen LogP contribution in [0.2, 0.25) is 0 Å². The van der Waals surface area contributed by atoms with Crippen LogP contribution in [0.25, 0.3) is 11.1 Å². The summed E-state index contributed by atoms with van der Waals surface area (Å²) in [5, 5.41) is 12.4. The van der Waals surface area contributed by atoms with Gasteiger partial charge in [-0.15, -0.1) is 0 Å². The number of carbonyl (C=O) groups is 2. The van der Waals surface area contributed by atoms with Gasteiger partial charge in [0.2, 0.25) is 11.5 Å². The maximum absolute atomic E-state index is 16.6. The lowest BCUT2D eigenvalue weighted by molar-refractivity contribution is -0.387. The first kappa shape index (κ1) is 61.1. The number of ether oxygens (including phenoxy) is 12. The topological polar surface area (TPSA) is 188 Å². The van der Waals surface area contributed by atoms with Crippen LogP contribution >= 0.6 is 0 Å². The summed E-state index contributed by atoms with van der Waals surface area (Å²) in [4.78, 5) is 45.1. The molecule has 17 heteroatoms. The Kier molecular flexibility index (Phi) is 19.0. The highest BCUT2D eigenvalue weighted by Gasteiger charge is 2.55. The van der Waals surface area contributed by atoms with Crippen LogP contribution < -0.4 is 28.4 Å². The number of carbonyl (C=O) groups excluding carboxylic acids is 2. The van der Waals surface area contributed by atoms with E-state index in [-0.39, 0.29) is 114 Å². The normalized spacial score (nSPS) is 18.2. The van der Waals surface area contributed by atoms with E-state index in [9.17, 15) is 10.1 Å². The highest BCUT2D eigenvalue weighted by molar-refractivity contribution is 6.09. The molecule has 3 heterocycles. The SMILES string of the molecule is O=C1O[C@@H]2[C@@H](OC(=O)c3cc(OCc4ccccc4)c(OCc4ccccc4)c(OCc4ccccc4)c3-c3c1cc(OCc1ccccc1)c(OCc1ccccc1)c3OCc1ccccc1)[C@H](OCc1ccccc1[N+](=O)[O-])O[C@@H]1CO[C@@H](c3ccccc3)O[C@@H]21. The van der Waals surface area contributed by atoms with Crippen molar-refractivity contribution >= 4 is 17.6 Å². The molecule has 13 rings (SSSR count). The number of nitro benzene ring substituents is 1. The van der Waals surface area contributed by atoms with Crippen LogP contribution in [0.1, 0.15) is 71.5 Å². The van der Waals surface area contributed by atoms with Crippen molar-refractivity contribution in [3.05, 3.63) is 314 Å². The molecular weight excluding hydrogens is 1180 g/mol. The number of nitrogens with zero attached hydrogens (tertiary/aromatic N) is 1. The molecule has 0 N–H and O–H groups in total. The summed E-state index contributed by atoms with van der Waals surface area (Å²) >= 11 is 0. The Bertz CT molecular complexity index is 4170. The molecule has 2 fully saturated rings. The van der Waals surface area contributed by atoms with Crippen LogP contribution in [-0.4, -0.2) is 54.2 Å². The molecule has 6 atom stereocenters. The van der Waals surface area contributed by atoms with Crippen molar-refractivity contribution in [3.8, 4) is 45.6 Å². The second kappa shape index (κ2) is 29.0. The molecule has 0 spiro atoms. The monoisotopic (exact) mass is 1250 g/mol. The van der Waals surface area contributed by atoms with E-state index in [4.69, 9.17) is 56.8 Å². The summed E-state index contributed by atoms with van der Waals surface area (Å²) in [6.07, 6.45) is -8.06. The van der Waals surface area contributed by atoms with Crippen LogP contribution in [0.3, 0.4) is 0 Å². The summed E-state index contributed by atoms with van der Waals surface area (Å²) in [6, 6.07) is 75.1. The molecule has 93 heavy (non-hydrogen) atoms. The molecule has 10 aromatic carbocycles. The number of para-hydroxylation sites is 1. The number of benzene rings is 10. The molecule has 0 amide bonds. The third kappa shape index (κ3) is 14.4. The Morgan fingerprint density at radius 3 is 1.18 bits per heavy atom. The lowest BCUT2D eigenvalue weighted by atomic mass is 9.90. The molecule has 0 unspecified atom stereocenters. The Balaban J connectivity index is 1.08. The fourth-order valence-electron chi connectivity index (χ4n) is 11.3. The van der Waals surface area contributed by atoms with Gasteiger partial charge >= 0.3 is 11.9 Å². The first-order chi connectivity index (χ1) is 45.8. The van der Waals surface area contributed by atoms with Gasteiger partial charge < -0.3 is 56.8 Å². The van der Waals surface area contributed by atoms with E-state index in [0.717, 1.165) is 33.4 Å². The molecule has 3 aliphatic rings. The zero-order valence-corrected chi connectivity index (χ0v) is 50.3. The van der Waals surface area contributed by atoms with Crippen molar-refractivity contribution in [2.75, 3.05) is 6.61 Å². The van der Waals surface area contributed by atoms with E-state index < -0.39 is 60.5 Å². The molecule has 3 aliphatic heterocycles. The van der Waals surface area contributed by atoms with Gasteiger partial charge in [0, 0.05) is 22.8 Å². The number of fused-ring (bicyclic) bond motifs is 6. The number of hydrogen-bond donors (Lipinski definition) is 0. The Labute approximate surface area is 536 Å². The van der Waals surface area contributed by atoms with E-state index in [1.165, 1.54) is 18.2 Å². The molecule has 0 saturated carbocycles. The molecule has 0 radical (unpaired) electrons. The molecular formula is C76H63NO16. The van der Waals surface area contributed by atoms with Crippen LogP contribution in [0, 0.1) is 10.1 Å². The quantitative estimate of drug-likeness (QED) is 0.0334.